The molecule has 0 radical (unpaired) electrons. The lowest BCUT2D eigenvalue weighted by Crippen LogP contribution is -2.29. The standard InChI is InChI=1S/C41H80NO8P/c1-5-7-9-11-13-15-17-19-20-22-24-26-28-30-32-34-41(44)50-39(38-49-51(45,46)48-36-35-42(3)4)37-47-40(43)33-31-29-27-25-23-21-18-16-14-12-10-8-6-2/h19-20,39H,5-18,21-38H2,1-4H3,(H,45,46)/t39-/m1/s1. The van der Waals surface area contributed by atoms with Gasteiger partial charge in [0.15, 0.2) is 6.10 Å². The summed E-state index contributed by atoms with van der Waals surface area (Å²) in [5.74, 6) is -0.805. The van der Waals surface area contributed by atoms with Gasteiger partial charge in [-0.25, -0.2) is 4.57 Å². The molecule has 0 rings (SSSR count). The summed E-state index contributed by atoms with van der Waals surface area (Å²) in [5.41, 5.74) is 0. The quantitative estimate of drug-likeness (QED) is 0.0284. The average Bonchev–Trinajstić information content (AvgIpc) is 3.09. The van der Waals surface area contributed by atoms with Gasteiger partial charge in [0.25, 0.3) is 0 Å². The minimum atomic E-state index is -4.35. The lowest BCUT2D eigenvalue weighted by atomic mass is 10.0. The Morgan fingerprint density at radius 2 is 1.00 bits per heavy atom. The third kappa shape index (κ3) is 38.3. The number of hydrogen-bond acceptors (Lipinski definition) is 8. The molecule has 302 valence electrons. The van der Waals surface area contributed by atoms with E-state index in [1.165, 1.54) is 109 Å². The Morgan fingerprint density at radius 1 is 0.588 bits per heavy atom. The fourth-order valence-corrected chi connectivity index (χ4v) is 6.54. The van der Waals surface area contributed by atoms with E-state index in [9.17, 15) is 19.0 Å². The molecule has 2 atom stereocenters. The smallest absolute Gasteiger partial charge is 0.462 e. The molecule has 0 amide bonds. The van der Waals surface area contributed by atoms with Gasteiger partial charge >= 0.3 is 19.8 Å². The molecule has 0 aromatic heterocycles. The van der Waals surface area contributed by atoms with Crippen LogP contribution in [-0.4, -0.2) is 68.3 Å². The number of carbonyl (C=O) groups is 2. The molecule has 0 aliphatic rings. The van der Waals surface area contributed by atoms with Crippen molar-refractivity contribution in [3.63, 3.8) is 0 Å². The van der Waals surface area contributed by atoms with E-state index >= 15 is 0 Å². The zero-order valence-corrected chi connectivity index (χ0v) is 34.5. The molecule has 1 N–H and O–H groups in total. The van der Waals surface area contributed by atoms with E-state index in [2.05, 4.69) is 26.0 Å². The lowest BCUT2D eigenvalue weighted by molar-refractivity contribution is -0.161. The first-order chi connectivity index (χ1) is 24.7. The van der Waals surface area contributed by atoms with Gasteiger partial charge in [0.2, 0.25) is 0 Å². The molecule has 0 aliphatic carbocycles. The number of phosphoric acid groups is 1. The highest BCUT2D eigenvalue weighted by Crippen LogP contribution is 2.43. The average molecular weight is 746 g/mol. The van der Waals surface area contributed by atoms with Crippen LogP contribution in [0.15, 0.2) is 12.2 Å². The van der Waals surface area contributed by atoms with Gasteiger partial charge in [-0.15, -0.1) is 0 Å². The van der Waals surface area contributed by atoms with E-state index in [0.29, 0.717) is 19.4 Å². The highest BCUT2D eigenvalue weighted by atomic mass is 31.2. The van der Waals surface area contributed by atoms with E-state index in [0.717, 1.165) is 51.4 Å². The highest BCUT2D eigenvalue weighted by molar-refractivity contribution is 7.47. The molecule has 0 heterocycles. The van der Waals surface area contributed by atoms with Gasteiger partial charge in [-0.05, 0) is 52.6 Å². The number of rotatable bonds is 39. The predicted octanol–water partition coefficient (Wildman–Crippen LogP) is 11.7. The molecule has 0 fully saturated rings. The van der Waals surface area contributed by atoms with Gasteiger partial charge in [-0.3, -0.25) is 18.6 Å². The van der Waals surface area contributed by atoms with Gasteiger partial charge < -0.3 is 19.3 Å². The Labute approximate surface area is 314 Å². The topological polar surface area (TPSA) is 112 Å². The van der Waals surface area contributed by atoms with Crippen molar-refractivity contribution in [3.8, 4) is 0 Å². The number of hydrogen-bond donors (Lipinski definition) is 1. The third-order valence-electron chi connectivity index (χ3n) is 9.07. The number of nitrogens with zero attached hydrogens (tertiary/aromatic N) is 1. The van der Waals surface area contributed by atoms with Crippen LogP contribution in [0.4, 0.5) is 0 Å². The van der Waals surface area contributed by atoms with E-state index in [-0.39, 0.29) is 25.6 Å². The number of esters is 2. The van der Waals surface area contributed by atoms with E-state index in [1.807, 2.05) is 19.0 Å². The molecule has 51 heavy (non-hydrogen) atoms. The van der Waals surface area contributed by atoms with Crippen LogP contribution >= 0.6 is 7.82 Å². The second kappa shape index (κ2) is 37.1. The number of phosphoric ester groups is 1. The zero-order valence-electron chi connectivity index (χ0n) is 33.6. The van der Waals surface area contributed by atoms with Crippen molar-refractivity contribution in [2.75, 3.05) is 40.5 Å². The largest absolute Gasteiger partial charge is 0.472 e. The summed E-state index contributed by atoms with van der Waals surface area (Å²) in [6, 6.07) is 0. The van der Waals surface area contributed by atoms with E-state index in [1.54, 1.807) is 0 Å². The zero-order chi connectivity index (χ0) is 37.7. The molecular formula is C41H80NO8P. The molecule has 1 unspecified atom stereocenters. The Kier molecular flexibility index (Phi) is 36.2. The molecule has 0 bridgehead atoms. The highest BCUT2D eigenvalue weighted by Gasteiger charge is 2.26. The molecule has 0 aromatic carbocycles. The van der Waals surface area contributed by atoms with Crippen molar-refractivity contribution < 1.29 is 37.6 Å². The van der Waals surface area contributed by atoms with Crippen molar-refractivity contribution in [3.05, 3.63) is 12.2 Å². The van der Waals surface area contributed by atoms with Crippen LogP contribution in [-0.2, 0) is 32.7 Å². The van der Waals surface area contributed by atoms with Crippen LogP contribution in [0.5, 0.6) is 0 Å². The molecule has 0 aliphatic heterocycles. The maximum atomic E-state index is 12.6. The van der Waals surface area contributed by atoms with Crippen LogP contribution in [0.25, 0.3) is 0 Å². The van der Waals surface area contributed by atoms with Crippen molar-refractivity contribution in [1.82, 2.24) is 4.90 Å². The molecule has 0 saturated heterocycles. The van der Waals surface area contributed by atoms with Crippen LogP contribution < -0.4 is 0 Å². The number of unbranched alkanes of at least 4 members (excludes halogenated alkanes) is 23. The SMILES string of the molecule is CCCCCCCCC=CCCCCCCCC(=O)O[C@H](COC(=O)CCCCCCCCCCCCCCC)COP(=O)(O)OCCN(C)C. The summed E-state index contributed by atoms with van der Waals surface area (Å²) in [5, 5.41) is 0. The predicted molar refractivity (Wildman–Crippen MR) is 211 cm³/mol. The molecular weight excluding hydrogens is 665 g/mol. The Bertz CT molecular complexity index is 869. The summed E-state index contributed by atoms with van der Waals surface area (Å²) in [4.78, 5) is 36.9. The number of ether oxygens (including phenoxy) is 2. The first kappa shape index (κ1) is 49.8. The van der Waals surface area contributed by atoms with Crippen molar-refractivity contribution >= 4 is 19.8 Å². The first-order valence-corrected chi connectivity index (χ1v) is 22.5. The maximum Gasteiger partial charge on any atom is 0.472 e. The molecule has 0 spiro atoms. The summed E-state index contributed by atoms with van der Waals surface area (Å²) < 4.78 is 33.4. The minimum absolute atomic E-state index is 0.00875. The van der Waals surface area contributed by atoms with Crippen molar-refractivity contribution in [1.29, 1.82) is 0 Å². The second-order valence-corrected chi connectivity index (χ2v) is 16.0. The maximum absolute atomic E-state index is 12.6. The summed E-state index contributed by atoms with van der Waals surface area (Å²) in [7, 11) is -0.707. The van der Waals surface area contributed by atoms with E-state index < -0.39 is 26.5 Å². The first-order valence-electron chi connectivity index (χ1n) is 21.0. The Balaban J connectivity index is 4.31. The lowest BCUT2D eigenvalue weighted by Gasteiger charge is -2.20. The molecule has 10 heteroatoms. The van der Waals surface area contributed by atoms with Crippen molar-refractivity contribution in [2.24, 2.45) is 0 Å². The number of allylic oxidation sites excluding steroid dienone is 2. The minimum Gasteiger partial charge on any atom is -0.462 e. The van der Waals surface area contributed by atoms with Crippen LogP contribution in [0.2, 0.25) is 0 Å². The summed E-state index contributed by atoms with van der Waals surface area (Å²) in [6.45, 7) is 4.32. The monoisotopic (exact) mass is 746 g/mol. The van der Waals surface area contributed by atoms with Gasteiger partial charge in [-0.1, -0.05) is 154 Å². The number of likely N-dealkylation sites (N-methyl/N-ethyl adjacent to an activating group) is 1. The second-order valence-electron chi connectivity index (χ2n) is 14.5. The van der Waals surface area contributed by atoms with Gasteiger partial charge in [-0.2, -0.15) is 0 Å². The van der Waals surface area contributed by atoms with E-state index in [4.69, 9.17) is 18.5 Å². The van der Waals surface area contributed by atoms with Crippen LogP contribution in [0.3, 0.4) is 0 Å². The van der Waals surface area contributed by atoms with Gasteiger partial charge in [0.05, 0.1) is 13.2 Å². The summed E-state index contributed by atoms with van der Waals surface area (Å²) in [6.07, 6.45) is 35.3. The number of carbonyl (C=O) groups excluding carboxylic acids is 2. The van der Waals surface area contributed by atoms with Gasteiger partial charge in [0, 0.05) is 19.4 Å². The molecule has 9 nitrogen and oxygen atoms in total. The Hall–Kier alpha value is -1.25. The van der Waals surface area contributed by atoms with Crippen molar-refractivity contribution in [2.45, 2.75) is 200 Å². The summed E-state index contributed by atoms with van der Waals surface area (Å²) >= 11 is 0. The molecule has 0 saturated carbocycles. The fraction of sp³-hybridized carbons (Fsp3) is 0.902. The fourth-order valence-electron chi connectivity index (χ4n) is 5.80. The third-order valence-corrected chi connectivity index (χ3v) is 10.1. The van der Waals surface area contributed by atoms with Crippen LogP contribution in [0.1, 0.15) is 194 Å². The Morgan fingerprint density at radius 3 is 1.45 bits per heavy atom. The molecule has 0 aromatic rings. The van der Waals surface area contributed by atoms with Crippen LogP contribution in [0, 0.1) is 0 Å². The normalized spacial score (nSPS) is 13.5. The van der Waals surface area contributed by atoms with Gasteiger partial charge in [0.1, 0.15) is 6.61 Å².